The number of benzene rings is 2. The molecule has 138 valence electrons. The Bertz CT molecular complexity index is 773. The fourth-order valence-corrected chi connectivity index (χ4v) is 2.99. The van der Waals surface area contributed by atoms with Crippen LogP contribution in [0.4, 0.5) is 11.4 Å². The van der Waals surface area contributed by atoms with E-state index in [0.29, 0.717) is 34.9 Å². The van der Waals surface area contributed by atoms with Crippen LogP contribution in [0.5, 0.6) is 5.75 Å². The summed E-state index contributed by atoms with van der Waals surface area (Å²) < 4.78 is 11.4. The van der Waals surface area contributed by atoms with E-state index in [1.807, 2.05) is 18.2 Å². The summed E-state index contributed by atoms with van der Waals surface area (Å²) in [4.78, 5) is 15.2. The van der Waals surface area contributed by atoms with Crippen LogP contribution in [-0.2, 0) is 4.74 Å². The SMILES string of the molecule is CC(COc1ccccc1C(=O)c1ccc(N)c(N)c1)N1CCOCC1. The molecule has 6 nitrogen and oxygen atoms in total. The van der Waals surface area contributed by atoms with E-state index < -0.39 is 0 Å². The first-order chi connectivity index (χ1) is 12.6. The maximum Gasteiger partial charge on any atom is 0.196 e. The lowest BCUT2D eigenvalue weighted by atomic mass is 10.0. The van der Waals surface area contributed by atoms with Gasteiger partial charge in [-0.05, 0) is 37.3 Å². The van der Waals surface area contributed by atoms with E-state index in [-0.39, 0.29) is 11.8 Å². The van der Waals surface area contributed by atoms with Gasteiger partial charge in [-0.3, -0.25) is 9.69 Å². The second kappa shape index (κ2) is 8.21. The number of carbonyl (C=O) groups excluding carboxylic acids is 1. The fraction of sp³-hybridized carbons (Fsp3) is 0.350. The quantitative estimate of drug-likeness (QED) is 0.610. The molecule has 1 saturated heterocycles. The number of nitrogen functional groups attached to an aromatic ring is 2. The van der Waals surface area contributed by atoms with Gasteiger partial charge in [0.15, 0.2) is 5.78 Å². The summed E-state index contributed by atoms with van der Waals surface area (Å²) in [5.74, 6) is 0.444. The van der Waals surface area contributed by atoms with Gasteiger partial charge in [0.05, 0.1) is 30.2 Å². The van der Waals surface area contributed by atoms with Crippen molar-refractivity contribution in [3.63, 3.8) is 0 Å². The maximum absolute atomic E-state index is 12.9. The second-order valence-electron chi connectivity index (χ2n) is 6.48. The van der Waals surface area contributed by atoms with Gasteiger partial charge in [-0.25, -0.2) is 0 Å². The van der Waals surface area contributed by atoms with Crippen molar-refractivity contribution in [1.82, 2.24) is 4.90 Å². The Morgan fingerprint density at radius 2 is 1.88 bits per heavy atom. The van der Waals surface area contributed by atoms with Gasteiger partial charge in [-0.1, -0.05) is 12.1 Å². The molecule has 0 aliphatic carbocycles. The first-order valence-corrected chi connectivity index (χ1v) is 8.79. The number of para-hydroxylation sites is 1. The Morgan fingerprint density at radius 1 is 1.15 bits per heavy atom. The fourth-order valence-electron chi connectivity index (χ4n) is 2.99. The van der Waals surface area contributed by atoms with Crippen LogP contribution in [0.2, 0.25) is 0 Å². The number of rotatable bonds is 6. The summed E-state index contributed by atoms with van der Waals surface area (Å²) in [7, 11) is 0. The van der Waals surface area contributed by atoms with Crippen LogP contribution in [0.25, 0.3) is 0 Å². The summed E-state index contributed by atoms with van der Waals surface area (Å²) in [6, 6.07) is 12.5. The molecule has 0 amide bonds. The van der Waals surface area contributed by atoms with Crippen LogP contribution in [0.15, 0.2) is 42.5 Å². The average molecular weight is 355 g/mol. The van der Waals surface area contributed by atoms with Crippen molar-refractivity contribution in [1.29, 1.82) is 0 Å². The number of nitrogens with two attached hydrogens (primary N) is 2. The maximum atomic E-state index is 12.9. The van der Waals surface area contributed by atoms with E-state index in [9.17, 15) is 4.79 Å². The molecule has 1 aliphatic heterocycles. The summed E-state index contributed by atoms with van der Waals surface area (Å²) in [6.07, 6.45) is 0. The molecule has 1 aliphatic rings. The third kappa shape index (κ3) is 4.15. The van der Waals surface area contributed by atoms with Crippen molar-refractivity contribution >= 4 is 17.2 Å². The molecule has 1 atom stereocenters. The molecule has 0 bridgehead atoms. The van der Waals surface area contributed by atoms with Crippen molar-refractivity contribution in [2.75, 3.05) is 44.4 Å². The number of ether oxygens (including phenoxy) is 2. The van der Waals surface area contributed by atoms with Gasteiger partial charge in [0.25, 0.3) is 0 Å². The highest BCUT2D eigenvalue weighted by molar-refractivity contribution is 6.11. The summed E-state index contributed by atoms with van der Waals surface area (Å²) in [5, 5.41) is 0. The van der Waals surface area contributed by atoms with Gasteiger partial charge < -0.3 is 20.9 Å². The largest absolute Gasteiger partial charge is 0.491 e. The van der Waals surface area contributed by atoms with E-state index in [2.05, 4.69) is 11.8 Å². The smallest absolute Gasteiger partial charge is 0.196 e. The minimum absolute atomic E-state index is 0.133. The standard InChI is InChI=1S/C20H25N3O3/c1-14(23-8-10-25-11-9-23)13-26-19-5-3-2-4-16(19)20(24)15-6-7-17(21)18(22)12-15/h2-7,12,14H,8-11,13,21-22H2,1H3. The normalized spacial score (nSPS) is 16.2. The first-order valence-electron chi connectivity index (χ1n) is 8.79. The lowest BCUT2D eigenvalue weighted by molar-refractivity contribution is 0.0105. The molecule has 0 saturated carbocycles. The number of carbonyl (C=O) groups is 1. The van der Waals surface area contributed by atoms with Crippen LogP contribution < -0.4 is 16.2 Å². The number of hydrogen-bond acceptors (Lipinski definition) is 6. The summed E-state index contributed by atoms with van der Waals surface area (Å²) in [6.45, 7) is 5.92. The van der Waals surface area contributed by atoms with Crippen molar-refractivity contribution < 1.29 is 14.3 Å². The molecule has 0 aromatic heterocycles. The lowest BCUT2D eigenvalue weighted by Gasteiger charge is -2.32. The van der Waals surface area contributed by atoms with Crippen LogP contribution in [0.1, 0.15) is 22.8 Å². The number of ketones is 1. The number of morpholine rings is 1. The lowest BCUT2D eigenvalue weighted by Crippen LogP contribution is -2.44. The number of nitrogens with zero attached hydrogens (tertiary/aromatic N) is 1. The minimum atomic E-state index is -0.133. The topological polar surface area (TPSA) is 90.8 Å². The van der Waals surface area contributed by atoms with E-state index in [4.69, 9.17) is 20.9 Å². The molecule has 0 radical (unpaired) electrons. The summed E-state index contributed by atoms with van der Waals surface area (Å²) >= 11 is 0. The Balaban J connectivity index is 1.73. The Morgan fingerprint density at radius 3 is 2.62 bits per heavy atom. The second-order valence-corrected chi connectivity index (χ2v) is 6.48. The van der Waals surface area contributed by atoms with Crippen LogP contribution in [0, 0.1) is 0 Å². The molecule has 0 spiro atoms. The van der Waals surface area contributed by atoms with Gasteiger partial charge in [0, 0.05) is 24.7 Å². The van der Waals surface area contributed by atoms with E-state index in [1.165, 1.54) is 0 Å². The van der Waals surface area contributed by atoms with Crippen LogP contribution in [-0.4, -0.2) is 49.6 Å². The monoisotopic (exact) mass is 355 g/mol. The minimum Gasteiger partial charge on any atom is -0.491 e. The highest BCUT2D eigenvalue weighted by Gasteiger charge is 2.19. The van der Waals surface area contributed by atoms with Gasteiger partial charge in [-0.15, -0.1) is 0 Å². The molecule has 1 fully saturated rings. The zero-order valence-corrected chi connectivity index (χ0v) is 15.0. The molecule has 1 heterocycles. The number of anilines is 2. The Hall–Kier alpha value is -2.57. The first kappa shape index (κ1) is 18.2. The molecule has 2 aromatic carbocycles. The number of hydrogen-bond donors (Lipinski definition) is 2. The average Bonchev–Trinajstić information content (AvgIpc) is 2.68. The molecule has 26 heavy (non-hydrogen) atoms. The van der Waals surface area contributed by atoms with E-state index in [1.54, 1.807) is 24.3 Å². The van der Waals surface area contributed by atoms with E-state index >= 15 is 0 Å². The van der Waals surface area contributed by atoms with Crippen molar-refractivity contribution in [3.8, 4) is 5.75 Å². The zero-order chi connectivity index (χ0) is 18.5. The summed E-state index contributed by atoms with van der Waals surface area (Å²) in [5.41, 5.74) is 13.4. The van der Waals surface area contributed by atoms with Crippen LogP contribution >= 0.6 is 0 Å². The van der Waals surface area contributed by atoms with Crippen molar-refractivity contribution in [2.24, 2.45) is 0 Å². The van der Waals surface area contributed by atoms with E-state index in [0.717, 1.165) is 26.3 Å². The van der Waals surface area contributed by atoms with Crippen LogP contribution in [0.3, 0.4) is 0 Å². The molecular formula is C20H25N3O3. The predicted octanol–water partition coefficient (Wildman–Crippen LogP) is 2.18. The Labute approximate surface area is 153 Å². The molecule has 4 N–H and O–H groups in total. The van der Waals surface area contributed by atoms with Crippen molar-refractivity contribution in [2.45, 2.75) is 13.0 Å². The third-order valence-electron chi connectivity index (χ3n) is 4.63. The molecule has 6 heteroatoms. The van der Waals surface area contributed by atoms with Crippen molar-refractivity contribution in [3.05, 3.63) is 53.6 Å². The highest BCUT2D eigenvalue weighted by Crippen LogP contribution is 2.24. The molecular weight excluding hydrogens is 330 g/mol. The molecule has 1 unspecified atom stereocenters. The molecule has 3 rings (SSSR count). The van der Waals surface area contributed by atoms with Gasteiger partial charge >= 0.3 is 0 Å². The van der Waals surface area contributed by atoms with Gasteiger partial charge in [0.2, 0.25) is 0 Å². The molecule has 2 aromatic rings. The third-order valence-corrected chi connectivity index (χ3v) is 4.63. The highest BCUT2D eigenvalue weighted by atomic mass is 16.5. The zero-order valence-electron chi connectivity index (χ0n) is 15.0. The Kier molecular flexibility index (Phi) is 5.75. The van der Waals surface area contributed by atoms with Gasteiger partial charge in [0.1, 0.15) is 12.4 Å². The predicted molar refractivity (Wildman–Crippen MR) is 102 cm³/mol. The van der Waals surface area contributed by atoms with Gasteiger partial charge in [-0.2, -0.15) is 0 Å².